The van der Waals surface area contributed by atoms with Gasteiger partial charge in [0, 0.05) is 38.8 Å². The summed E-state index contributed by atoms with van der Waals surface area (Å²) >= 11 is 0. The molecule has 2 heterocycles. The number of aryl methyl sites for hydroxylation is 1. The van der Waals surface area contributed by atoms with Crippen LogP contribution in [-0.2, 0) is 7.05 Å². The predicted octanol–water partition coefficient (Wildman–Crippen LogP) is 1.48. The van der Waals surface area contributed by atoms with Crippen molar-refractivity contribution in [3.63, 3.8) is 0 Å². The lowest BCUT2D eigenvalue weighted by atomic mass is 10.1. The Morgan fingerprint density at radius 2 is 1.74 bits per heavy atom. The number of aromatic nitrogens is 2. The van der Waals surface area contributed by atoms with Crippen molar-refractivity contribution in [2.24, 2.45) is 7.05 Å². The van der Waals surface area contributed by atoms with Crippen molar-refractivity contribution in [1.82, 2.24) is 19.6 Å². The highest BCUT2D eigenvalue weighted by Gasteiger charge is 2.23. The van der Waals surface area contributed by atoms with Crippen LogP contribution in [0.5, 0.6) is 5.75 Å². The topological polar surface area (TPSA) is 50.6 Å². The van der Waals surface area contributed by atoms with Gasteiger partial charge in [-0.05, 0) is 37.4 Å². The number of likely N-dealkylation sites (N-methyl/N-ethyl adjacent to an activating group) is 1. The van der Waals surface area contributed by atoms with Crippen LogP contribution < -0.4 is 4.74 Å². The molecule has 122 valence electrons. The Morgan fingerprint density at radius 1 is 1.09 bits per heavy atom. The SMILES string of the molecule is COc1ccc(-c2cc(C(=O)N3CCN(C)CC3)nn2C)cc1. The maximum atomic E-state index is 12.6. The summed E-state index contributed by atoms with van der Waals surface area (Å²) in [5.74, 6) is 0.818. The molecule has 0 unspecified atom stereocenters. The van der Waals surface area contributed by atoms with Crippen LogP contribution in [0.1, 0.15) is 10.5 Å². The first-order valence-corrected chi connectivity index (χ1v) is 7.75. The third-order valence-corrected chi connectivity index (χ3v) is 4.28. The molecule has 1 amide bonds. The summed E-state index contributed by atoms with van der Waals surface area (Å²) in [7, 11) is 5.58. The van der Waals surface area contributed by atoms with Gasteiger partial charge in [0.25, 0.3) is 5.91 Å². The number of rotatable bonds is 3. The normalized spacial score (nSPS) is 15.7. The zero-order chi connectivity index (χ0) is 16.4. The summed E-state index contributed by atoms with van der Waals surface area (Å²) in [5.41, 5.74) is 2.44. The highest BCUT2D eigenvalue weighted by Crippen LogP contribution is 2.23. The van der Waals surface area contributed by atoms with Gasteiger partial charge < -0.3 is 14.5 Å². The van der Waals surface area contributed by atoms with E-state index in [2.05, 4.69) is 17.0 Å². The minimum absolute atomic E-state index is 0.00783. The minimum Gasteiger partial charge on any atom is -0.497 e. The van der Waals surface area contributed by atoms with Gasteiger partial charge in [0.05, 0.1) is 12.8 Å². The molecule has 1 saturated heterocycles. The first-order valence-electron chi connectivity index (χ1n) is 7.75. The molecule has 1 fully saturated rings. The van der Waals surface area contributed by atoms with E-state index in [1.807, 2.05) is 42.3 Å². The first kappa shape index (κ1) is 15.6. The van der Waals surface area contributed by atoms with Crippen LogP contribution in [-0.4, -0.2) is 65.8 Å². The van der Waals surface area contributed by atoms with E-state index in [0.29, 0.717) is 5.69 Å². The van der Waals surface area contributed by atoms with Crippen LogP contribution in [0.15, 0.2) is 30.3 Å². The van der Waals surface area contributed by atoms with Gasteiger partial charge in [-0.1, -0.05) is 0 Å². The van der Waals surface area contributed by atoms with E-state index in [4.69, 9.17) is 4.74 Å². The van der Waals surface area contributed by atoms with Gasteiger partial charge in [-0.3, -0.25) is 9.48 Å². The summed E-state index contributed by atoms with van der Waals surface area (Å²) in [6.45, 7) is 3.32. The van der Waals surface area contributed by atoms with Crippen molar-refractivity contribution in [2.45, 2.75) is 0 Å². The summed E-state index contributed by atoms with van der Waals surface area (Å²) in [6, 6.07) is 9.62. The summed E-state index contributed by atoms with van der Waals surface area (Å²) < 4.78 is 6.93. The number of hydrogen-bond donors (Lipinski definition) is 0. The molecular weight excluding hydrogens is 292 g/mol. The van der Waals surface area contributed by atoms with E-state index in [1.165, 1.54) is 0 Å². The van der Waals surface area contributed by atoms with Crippen LogP contribution in [0, 0.1) is 0 Å². The van der Waals surface area contributed by atoms with Crippen LogP contribution >= 0.6 is 0 Å². The molecule has 0 saturated carbocycles. The molecule has 0 N–H and O–H groups in total. The van der Waals surface area contributed by atoms with E-state index >= 15 is 0 Å². The van der Waals surface area contributed by atoms with Crippen LogP contribution in [0.3, 0.4) is 0 Å². The van der Waals surface area contributed by atoms with Crippen LogP contribution in [0.25, 0.3) is 11.3 Å². The van der Waals surface area contributed by atoms with Gasteiger partial charge in [-0.25, -0.2) is 0 Å². The fourth-order valence-electron chi connectivity index (χ4n) is 2.78. The Bertz CT molecular complexity index is 685. The molecule has 0 radical (unpaired) electrons. The maximum Gasteiger partial charge on any atom is 0.274 e. The second-order valence-electron chi connectivity index (χ2n) is 5.86. The number of piperazine rings is 1. The lowest BCUT2D eigenvalue weighted by molar-refractivity contribution is 0.0657. The molecule has 1 aliphatic rings. The smallest absolute Gasteiger partial charge is 0.274 e. The first-order chi connectivity index (χ1) is 11.1. The van der Waals surface area contributed by atoms with Crippen molar-refractivity contribution in [1.29, 1.82) is 0 Å². The van der Waals surface area contributed by atoms with Crippen molar-refractivity contribution >= 4 is 5.91 Å². The molecule has 3 rings (SSSR count). The molecule has 1 aromatic heterocycles. The lowest BCUT2D eigenvalue weighted by Crippen LogP contribution is -2.47. The quantitative estimate of drug-likeness (QED) is 0.861. The molecule has 1 aliphatic heterocycles. The van der Waals surface area contributed by atoms with Crippen molar-refractivity contribution in [3.05, 3.63) is 36.0 Å². The molecule has 0 aliphatic carbocycles. The second-order valence-corrected chi connectivity index (χ2v) is 5.86. The van der Waals surface area contributed by atoms with E-state index in [0.717, 1.165) is 43.2 Å². The number of benzene rings is 1. The number of nitrogens with zero attached hydrogens (tertiary/aromatic N) is 4. The second kappa shape index (κ2) is 6.42. The minimum atomic E-state index is 0.00783. The number of methoxy groups -OCH3 is 1. The number of ether oxygens (including phenoxy) is 1. The van der Waals surface area contributed by atoms with Gasteiger partial charge in [-0.15, -0.1) is 0 Å². The average Bonchev–Trinajstić information content (AvgIpc) is 2.97. The molecule has 6 heteroatoms. The summed E-state index contributed by atoms with van der Waals surface area (Å²) in [4.78, 5) is 16.7. The van der Waals surface area contributed by atoms with Gasteiger partial charge in [0.2, 0.25) is 0 Å². The molecule has 2 aromatic rings. The third kappa shape index (κ3) is 3.22. The van der Waals surface area contributed by atoms with Crippen molar-refractivity contribution in [2.75, 3.05) is 40.3 Å². The Labute approximate surface area is 136 Å². The fraction of sp³-hybridized carbons (Fsp3) is 0.412. The van der Waals surface area contributed by atoms with Crippen molar-refractivity contribution < 1.29 is 9.53 Å². The number of hydrogen-bond acceptors (Lipinski definition) is 4. The number of carbonyl (C=O) groups excluding carboxylic acids is 1. The zero-order valence-corrected chi connectivity index (χ0v) is 13.8. The van der Waals surface area contributed by atoms with Crippen molar-refractivity contribution in [3.8, 4) is 17.0 Å². The Balaban J connectivity index is 1.81. The van der Waals surface area contributed by atoms with Crippen LogP contribution in [0.4, 0.5) is 0 Å². The lowest BCUT2D eigenvalue weighted by Gasteiger charge is -2.31. The molecule has 0 spiro atoms. The largest absolute Gasteiger partial charge is 0.497 e. The fourth-order valence-corrected chi connectivity index (χ4v) is 2.78. The predicted molar refractivity (Wildman–Crippen MR) is 88.6 cm³/mol. The van der Waals surface area contributed by atoms with E-state index in [1.54, 1.807) is 11.8 Å². The highest BCUT2D eigenvalue weighted by atomic mass is 16.5. The highest BCUT2D eigenvalue weighted by molar-refractivity contribution is 5.93. The third-order valence-electron chi connectivity index (χ3n) is 4.28. The molecule has 1 aromatic carbocycles. The molecule has 0 bridgehead atoms. The van der Waals surface area contributed by atoms with Gasteiger partial charge in [0.1, 0.15) is 5.75 Å². The Hall–Kier alpha value is -2.34. The van der Waals surface area contributed by atoms with E-state index in [9.17, 15) is 4.79 Å². The monoisotopic (exact) mass is 314 g/mol. The molecule has 6 nitrogen and oxygen atoms in total. The van der Waals surface area contributed by atoms with E-state index in [-0.39, 0.29) is 5.91 Å². The molecule has 0 atom stereocenters. The number of amides is 1. The average molecular weight is 314 g/mol. The Morgan fingerprint density at radius 3 is 2.35 bits per heavy atom. The van der Waals surface area contributed by atoms with E-state index < -0.39 is 0 Å². The molecular formula is C17H22N4O2. The van der Waals surface area contributed by atoms with Gasteiger partial charge in [-0.2, -0.15) is 5.10 Å². The van der Waals surface area contributed by atoms with Crippen LogP contribution in [0.2, 0.25) is 0 Å². The molecule has 23 heavy (non-hydrogen) atoms. The summed E-state index contributed by atoms with van der Waals surface area (Å²) in [6.07, 6.45) is 0. The number of carbonyl (C=O) groups is 1. The van der Waals surface area contributed by atoms with Gasteiger partial charge in [0.15, 0.2) is 5.69 Å². The zero-order valence-electron chi connectivity index (χ0n) is 13.8. The standard InChI is InChI=1S/C17H22N4O2/c1-19-8-10-21(11-9-19)17(22)15-12-16(20(2)18-15)13-4-6-14(23-3)7-5-13/h4-7,12H,8-11H2,1-3H3. The Kier molecular flexibility index (Phi) is 4.34. The van der Waals surface area contributed by atoms with Gasteiger partial charge >= 0.3 is 0 Å². The maximum absolute atomic E-state index is 12.6. The summed E-state index contributed by atoms with van der Waals surface area (Å²) in [5, 5.41) is 4.40.